The second-order valence-corrected chi connectivity index (χ2v) is 6.56. The molecule has 0 saturated heterocycles. The molecule has 0 aliphatic rings. The zero-order valence-electron chi connectivity index (χ0n) is 15.3. The Kier molecular flexibility index (Phi) is 5.35. The maximum absolute atomic E-state index is 12.6. The molecule has 6 nitrogen and oxygen atoms in total. The molecule has 0 saturated carbocycles. The molecule has 0 fully saturated rings. The molecule has 6 heteroatoms. The fraction of sp³-hybridized carbons (Fsp3) is 0.190. The van der Waals surface area contributed by atoms with E-state index in [2.05, 4.69) is 5.32 Å². The standard InChI is InChI=1S/C21H21N3O3/c1-15-10-16(2)12-18(11-15)22-19(25)14-24-20(26)8-9-23(21(24)27)13-17-6-4-3-5-7-17/h3-12H,13-14H2,1-2H3,(H,22,25). The minimum atomic E-state index is -0.512. The number of aryl methyl sites for hydroxylation is 2. The van der Waals surface area contributed by atoms with Gasteiger partial charge in [-0.25, -0.2) is 4.79 Å². The van der Waals surface area contributed by atoms with E-state index in [0.29, 0.717) is 12.2 Å². The number of amides is 1. The van der Waals surface area contributed by atoms with Crippen LogP contribution in [0.3, 0.4) is 0 Å². The van der Waals surface area contributed by atoms with E-state index in [1.165, 1.54) is 16.8 Å². The molecule has 0 aliphatic carbocycles. The summed E-state index contributed by atoms with van der Waals surface area (Å²) in [4.78, 5) is 37.1. The van der Waals surface area contributed by atoms with Crippen LogP contribution in [-0.2, 0) is 17.9 Å². The predicted octanol–water partition coefficient (Wildman–Crippen LogP) is 2.31. The molecule has 27 heavy (non-hydrogen) atoms. The number of rotatable bonds is 5. The van der Waals surface area contributed by atoms with Gasteiger partial charge in [0, 0.05) is 18.0 Å². The van der Waals surface area contributed by atoms with Crippen LogP contribution >= 0.6 is 0 Å². The summed E-state index contributed by atoms with van der Waals surface area (Å²) < 4.78 is 2.36. The molecule has 3 rings (SSSR count). The molecular formula is C21H21N3O3. The summed E-state index contributed by atoms with van der Waals surface area (Å²) in [6, 6.07) is 16.4. The first kappa shape index (κ1) is 18.4. The van der Waals surface area contributed by atoms with E-state index in [0.717, 1.165) is 21.3 Å². The van der Waals surface area contributed by atoms with Gasteiger partial charge in [0.15, 0.2) is 0 Å². The number of nitrogens with zero attached hydrogens (tertiary/aromatic N) is 2. The highest BCUT2D eigenvalue weighted by Gasteiger charge is 2.11. The van der Waals surface area contributed by atoms with Gasteiger partial charge >= 0.3 is 5.69 Å². The Hall–Kier alpha value is -3.41. The van der Waals surface area contributed by atoms with Crippen molar-refractivity contribution in [2.45, 2.75) is 26.9 Å². The minimum absolute atomic E-state index is 0.332. The van der Waals surface area contributed by atoms with E-state index in [4.69, 9.17) is 0 Å². The molecule has 138 valence electrons. The quantitative estimate of drug-likeness (QED) is 0.756. The summed E-state index contributed by atoms with van der Waals surface area (Å²) >= 11 is 0. The van der Waals surface area contributed by atoms with Gasteiger partial charge in [-0.05, 0) is 42.7 Å². The Morgan fingerprint density at radius 2 is 1.63 bits per heavy atom. The lowest BCUT2D eigenvalue weighted by molar-refractivity contribution is -0.116. The zero-order chi connectivity index (χ0) is 19.4. The van der Waals surface area contributed by atoms with Crippen LogP contribution < -0.4 is 16.6 Å². The highest BCUT2D eigenvalue weighted by Crippen LogP contribution is 2.13. The van der Waals surface area contributed by atoms with Gasteiger partial charge in [0.2, 0.25) is 5.91 Å². The van der Waals surface area contributed by atoms with E-state index < -0.39 is 17.2 Å². The average Bonchev–Trinajstić information content (AvgIpc) is 2.61. The molecule has 0 radical (unpaired) electrons. The van der Waals surface area contributed by atoms with E-state index >= 15 is 0 Å². The third kappa shape index (κ3) is 4.61. The SMILES string of the molecule is Cc1cc(C)cc(NC(=O)Cn2c(=O)ccn(Cc3ccccc3)c2=O)c1. The maximum atomic E-state index is 12.6. The Morgan fingerprint density at radius 1 is 0.963 bits per heavy atom. The number of aromatic nitrogens is 2. The molecule has 1 amide bonds. The fourth-order valence-electron chi connectivity index (χ4n) is 2.99. The second kappa shape index (κ2) is 7.86. The van der Waals surface area contributed by atoms with E-state index in [1.807, 2.05) is 62.4 Å². The molecule has 0 atom stereocenters. The fourth-order valence-corrected chi connectivity index (χ4v) is 2.99. The molecule has 0 unspecified atom stereocenters. The van der Waals surface area contributed by atoms with Gasteiger partial charge in [-0.1, -0.05) is 36.4 Å². The lowest BCUT2D eigenvalue weighted by atomic mass is 10.1. The van der Waals surface area contributed by atoms with Crippen molar-refractivity contribution in [3.05, 3.63) is 98.3 Å². The maximum Gasteiger partial charge on any atom is 0.331 e. The summed E-state index contributed by atoms with van der Waals surface area (Å²) in [7, 11) is 0. The molecule has 2 aromatic carbocycles. The highest BCUT2D eigenvalue weighted by atomic mass is 16.2. The van der Waals surface area contributed by atoms with Gasteiger partial charge < -0.3 is 5.32 Å². The molecule has 1 heterocycles. The molecular weight excluding hydrogens is 342 g/mol. The van der Waals surface area contributed by atoms with E-state index in [-0.39, 0.29) is 6.54 Å². The van der Waals surface area contributed by atoms with Crippen LogP contribution in [0.4, 0.5) is 5.69 Å². The van der Waals surface area contributed by atoms with Crippen LogP contribution in [-0.4, -0.2) is 15.0 Å². The summed E-state index contributed by atoms with van der Waals surface area (Å²) in [5, 5.41) is 2.75. The number of carbonyl (C=O) groups is 1. The number of hydrogen-bond acceptors (Lipinski definition) is 3. The molecule has 1 N–H and O–H groups in total. The van der Waals surface area contributed by atoms with Crippen molar-refractivity contribution in [3.63, 3.8) is 0 Å². The van der Waals surface area contributed by atoms with Gasteiger partial charge in [-0.3, -0.25) is 18.7 Å². The molecule has 0 aliphatic heterocycles. The minimum Gasteiger partial charge on any atom is -0.325 e. The zero-order valence-corrected chi connectivity index (χ0v) is 15.3. The number of anilines is 1. The van der Waals surface area contributed by atoms with Crippen molar-refractivity contribution in [2.24, 2.45) is 0 Å². The van der Waals surface area contributed by atoms with E-state index in [9.17, 15) is 14.4 Å². The normalized spacial score (nSPS) is 10.6. The topological polar surface area (TPSA) is 73.1 Å². The molecule has 3 aromatic rings. The van der Waals surface area contributed by atoms with Gasteiger partial charge in [0.05, 0.1) is 6.54 Å². The van der Waals surface area contributed by atoms with Crippen LogP contribution in [0.25, 0.3) is 0 Å². The average molecular weight is 363 g/mol. The Morgan fingerprint density at radius 3 is 2.30 bits per heavy atom. The lowest BCUT2D eigenvalue weighted by Gasteiger charge is -2.11. The van der Waals surface area contributed by atoms with Crippen molar-refractivity contribution in [3.8, 4) is 0 Å². The van der Waals surface area contributed by atoms with Crippen LogP contribution in [0.15, 0.2) is 70.4 Å². The van der Waals surface area contributed by atoms with Crippen LogP contribution in [0.1, 0.15) is 16.7 Å². The number of nitrogens with one attached hydrogen (secondary N) is 1. The number of carbonyl (C=O) groups excluding carboxylic acids is 1. The highest BCUT2D eigenvalue weighted by molar-refractivity contribution is 5.90. The van der Waals surface area contributed by atoms with Crippen LogP contribution in [0.5, 0.6) is 0 Å². The van der Waals surface area contributed by atoms with Crippen molar-refractivity contribution in [2.75, 3.05) is 5.32 Å². The molecule has 1 aromatic heterocycles. The first-order valence-corrected chi connectivity index (χ1v) is 8.65. The number of benzene rings is 2. The Labute approximate surface area is 156 Å². The van der Waals surface area contributed by atoms with Gasteiger partial charge in [0.1, 0.15) is 6.54 Å². The Bertz CT molecular complexity index is 1060. The predicted molar refractivity (Wildman–Crippen MR) is 105 cm³/mol. The van der Waals surface area contributed by atoms with Gasteiger partial charge in [0.25, 0.3) is 5.56 Å². The van der Waals surface area contributed by atoms with Crippen molar-refractivity contribution in [1.82, 2.24) is 9.13 Å². The van der Waals surface area contributed by atoms with Gasteiger partial charge in [-0.2, -0.15) is 0 Å². The first-order chi connectivity index (χ1) is 12.9. The summed E-state index contributed by atoms with van der Waals surface area (Å²) in [6.07, 6.45) is 1.45. The summed E-state index contributed by atoms with van der Waals surface area (Å²) in [5.41, 5.74) is 2.61. The third-order valence-corrected chi connectivity index (χ3v) is 4.14. The summed E-state index contributed by atoms with van der Waals surface area (Å²) in [5.74, 6) is -0.420. The monoisotopic (exact) mass is 363 g/mol. The van der Waals surface area contributed by atoms with Crippen molar-refractivity contribution < 1.29 is 4.79 Å². The van der Waals surface area contributed by atoms with E-state index in [1.54, 1.807) is 0 Å². The molecule has 0 spiro atoms. The Balaban J connectivity index is 1.81. The molecule has 0 bridgehead atoms. The van der Waals surface area contributed by atoms with Crippen LogP contribution in [0.2, 0.25) is 0 Å². The van der Waals surface area contributed by atoms with Gasteiger partial charge in [-0.15, -0.1) is 0 Å². The first-order valence-electron chi connectivity index (χ1n) is 8.65. The second-order valence-electron chi connectivity index (χ2n) is 6.56. The largest absolute Gasteiger partial charge is 0.331 e. The smallest absolute Gasteiger partial charge is 0.325 e. The van der Waals surface area contributed by atoms with Crippen LogP contribution in [0, 0.1) is 13.8 Å². The summed E-state index contributed by atoms with van der Waals surface area (Å²) in [6.45, 7) is 3.87. The third-order valence-electron chi connectivity index (χ3n) is 4.14. The number of hydrogen-bond donors (Lipinski definition) is 1. The lowest BCUT2D eigenvalue weighted by Crippen LogP contribution is -2.41. The van der Waals surface area contributed by atoms with Crippen molar-refractivity contribution in [1.29, 1.82) is 0 Å². The van der Waals surface area contributed by atoms with Crippen molar-refractivity contribution >= 4 is 11.6 Å².